The summed E-state index contributed by atoms with van der Waals surface area (Å²) in [6.07, 6.45) is 4.90. The van der Waals surface area contributed by atoms with Gasteiger partial charge < -0.3 is 15.1 Å². The normalized spacial score (nSPS) is 21.0. The molecular weight excluding hydrogens is 526 g/mol. The minimum Gasteiger partial charge on any atom is -0.343 e. The Morgan fingerprint density at radius 1 is 0.905 bits per heavy atom. The molecule has 8 nitrogen and oxygen atoms in total. The first-order valence-corrected chi connectivity index (χ1v) is 15.0. The lowest BCUT2D eigenvalue weighted by Gasteiger charge is -2.37. The van der Waals surface area contributed by atoms with Gasteiger partial charge in [0.2, 0.25) is 17.7 Å². The van der Waals surface area contributed by atoms with Crippen LogP contribution in [0.25, 0.3) is 10.9 Å². The smallest absolute Gasteiger partial charge is 0.228 e. The maximum atomic E-state index is 14.0. The molecule has 0 aliphatic carbocycles. The number of anilines is 1. The number of piperidine rings is 1. The number of aromatic amines is 1. The lowest BCUT2D eigenvalue weighted by molar-refractivity contribution is -0.142. The number of rotatable bonds is 5. The zero-order valence-electron chi connectivity index (χ0n) is 23.6. The minimum absolute atomic E-state index is 0.0208. The van der Waals surface area contributed by atoms with E-state index in [0.29, 0.717) is 32.6 Å². The predicted octanol–water partition coefficient (Wildman–Crippen LogP) is 4.70. The van der Waals surface area contributed by atoms with E-state index in [4.69, 9.17) is 0 Å². The number of carbonyl (C=O) groups is 3. The van der Waals surface area contributed by atoms with Crippen LogP contribution in [-0.4, -0.2) is 50.8 Å². The fourth-order valence-corrected chi connectivity index (χ4v) is 7.12. The first kappa shape index (κ1) is 26.4. The molecule has 4 heterocycles. The highest BCUT2D eigenvalue weighted by molar-refractivity contribution is 5.96. The molecule has 0 radical (unpaired) electrons. The zero-order valence-corrected chi connectivity index (χ0v) is 23.6. The molecule has 3 aliphatic heterocycles. The lowest BCUT2D eigenvalue weighted by Crippen LogP contribution is -2.45. The summed E-state index contributed by atoms with van der Waals surface area (Å²) < 4.78 is 0. The van der Waals surface area contributed by atoms with E-state index in [9.17, 15) is 14.4 Å². The van der Waals surface area contributed by atoms with Crippen LogP contribution in [0.3, 0.4) is 0 Å². The van der Waals surface area contributed by atoms with E-state index in [0.717, 1.165) is 52.5 Å². The highest BCUT2D eigenvalue weighted by atomic mass is 16.2. The fraction of sp³-hybridized carbons (Fsp3) is 0.353. The summed E-state index contributed by atoms with van der Waals surface area (Å²) in [5, 5.41) is 11.4. The summed E-state index contributed by atoms with van der Waals surface area (Å²) in [6.45, 7) is 2.23. The molecule has 3 aliphatic rings. The van der Waals surface area contributed by atoms with E-state index < -0.39 is 5.92 Å². The average molecular weight is 562 g/mol. The van der Waals surface area contributed by atoms with E-state index in [1.54, 1.807) is 0 Å². The maximum Gasteiger partial charge on any atom is 0.228 e. The van der Waals surface area contributed by atoms with Crippen molar-refractivity contribution in [3.05, 3.63) is 95.2 Å². The monoisotopic (exact) mass is 561 g/mol. The predicted molar refractivity (Wildman–Crippen MR) is 160 cm³/mol. The highest BCUT2D eigenvalue weighted by Crippen LogP contribution is 2.35. The third kappa shape index (κ3) is 5.06. The molecule has 3 aromatic carbocycles. The molecule has 1 aromatic heterocycles. The number of benzene rings is 3. The second-order valence-corrected chi connectivity index (χ2v) is 12.0. The van der Waals surface area contributed by atoms with Gasteiger partial charge in [0, 0.05) is 49.6 Å². The molecule has 8 heteroatoms. The quantitative estimate of drug-likeness (QED) is 0.369. The molecule has 0 bridgehead atoms. The summed E-state index contributed by atoms with van der Waals surface area (Å²) in [6, 6.07) is 22.1. The van der Waals surface area contributed by atoms with Gasteiger partial charge in [-0.3, -0.25) is 19.5 Å². The summed E-state index contributed by atoms with van der Waals surface area (Å²) in [5.41, 5.74) is 6.32. The molecule has 2 N–H and O–H groups in total. The molecule has 7 rings (SSSR count). The van der Waals surface area contributed by atoms with Gasteiger partial charge in [0.1, 0.15) is 0 Å². The van der Waals surface area contributed by atoms with Crippen molar-refractivity contribution in [3.8, 4) is 0 Å². The van der Waals surface area contributed by atoms with Crippen LogP contribution in [0.4, 0.5) is 5.69 Å². The van der Waals surface area contributed by atoms with Gasteiger partial charge in [-0.15, -0.1) is 0 Å². The third-order valence-corrected chi connectivity index (χ3v) is 9.46. The number of nitrogens with zero attached hydrogens (tertiary/aromatic N) is 3. The van der Waals surface area contributed by atoms with Gasteiger partial charge in [-0.05, 0) is 66.0 Å². The summed E-state index contributed by atoms with van der Waals surface area (Å²) in [7, 11) is 0. The highest BCUT2D eigenvalue weighted by Gasteiger charge is 2.37. The van der Waals surface area contributed by atoms with Crippen LogP contribution in [0.2, 0.25) is 0 Å². The van der Waals surface area contributed by atoms with E-state index >= 15 is 0 Å². The van der Waals surface area contributed by atoms with Gasteiger partial charge in [0.25, 0.3) is 0 Å². The van der Waals surface area contributed by atoms with Crippen molar-refractivity contribution in [2.75, 3.05) is 18.4 Å². The molecular formula is C34H35N5O3. The van der Waals surface area contributed by atoms with Gasteiger partial charge in [0.05, 0.1) is 17.6 Å². The fourth-order valence-electron chi connectivity index (χ4n) is 7.12. The Balaban J connectivity index is 1.06. The molecule has 214 valence electrons. The van der Waals surface area contributed by atoms with E-state index in [1.807, 2.05) is 70.6 Å². The van der Waals surface area contributed by atoms with Crippen LogP contribution in [0, 0.1) is 17.8 Å². The second-order valence-electron chi connectivity index (χ2n) is 12.0. The maximum absolute atomic E-state index is 14.0. The molecule has 42 heavy (non-hydrogen) atoms. The number of H-pyrrole nitrogens is 1. The molecule has 2 atom stereocenters. The van der Waals surface area contributed by atoms with Gasteiger partial charge in [-0.2, -0.15) is 5.10 Å². The number of nitrogens with one attached hydrogen (secondary N) is 2. The van der Waals surface area contributed by atoms with Crippen molar-refractivity contribution in [2.45, 2.75) is 45.2 Å². The van der Waals surface area contributed by atoms with Crippen LogP contribution < -0.4 is 5.32 Å². The Kier molecular flexibility index (Phi) is 6.98. The van der Waals surface area contributed by atoms with Crippen LogP contribution in [0.5, 0.6) is 0 Å². The molecule has 2 unspecified atom stereocenters. The average Bonchev–Trinajstić information content (AvgIpc) is 3.46. The number of hydrogen-bond donors (Lipinski definition) is 2. The van der Waals surface area contributed by atoms with Crippen molar-refractivity contribution in [3.63, 3.8) is 0 Å². The van der Waals surface area contributed by atoms with Crippen molar-refractivity contribution in [1.29, 1.82) is 0 Å². The number of likely N-dealkylation sites (tertiary alicyclic amines) is 1. The Labute approximate surface area is 245 Å². The first-order chi connectivity index (χ1) is 20.5. The number of fused-ring (bicyclic) bond motifs is 4. The third-order valence-electron chi connectivity index (χ3n) is 9.46. The Bertz CT molecular complexity index is 1640. The summed E-state index contributed by atoms with van der Waals surface area (Å²) in [5.74, 6) is -0.113. The molecule has 4 aromatic rings. The Morgan fingerprint density at radius 2 is 1.69 bits per heavy atom. The SMILES string of the molecule is O=C1Nc2ccccc2CC1C1CCN(C(=O)CC2Cc3ccc4[nH]ncc4c3CN(Cc3ccccc3)C2=O)CC1. The van der Waals surface area contributed by atoms with Crippen LogP contribution in [0.1, 0.15) is 41.5 Å². The lowest BCUT2D eigenvalue weighted by atomic mass is 9.78. The van der Waals surface area contributed by atoms with Gasteiger partial charge >= 0.3 is 0 Å². The van der Waals surface area contributed by atoms with E-state index in [1.165, 1.54) is 5.56 Å². The van der Waals surface area contributed by atoms with Crippen LogP contribution in [-0.2, 0) is 40.3 Å². The largest absolute Gasteiger partial charge is 0.343 e. The first-order valence-electron chi connectivity index (χ1n) is 15.0. The topological polar surface area (TPSA) is 98.4 Å². The summed E-state index contributed by atoms with van der Waals surface area (Å²) in [4.78, 5) is 44.3. The summed E-state index contributed by atoms with van der Waals surface area (Å²) >= 11 is 0. The zero-order chi connectivity index (χ0) is 28.6. The van der Waals surface area contributed by atoms with E-state index in [2.05, 4.69) is 27.6 Å². The van der Waals surface area contributed by atoms with Crippen molar-refractivity contribution in [1.82, 2.24) is 20.0 Å². The Morgan fingerprint density at radius 3 is 2.52 bits per heavy atom. The second kappa shape index (κ2) is 11.1. The number of para-hydroxylation sites is 1. The van der Waals surface area contributed by atoms with Crippen molar-refractivity contribution < 1.29 is 14.4 Å². The molecule has 3 amide bonds. The van der Waals surface area contributed by atoms with Gasteiger partial charge in [-0.25, -0.2) is 0 Å². The number of carbonyl (C=O) groups excluding carboxylic acids is 3. The van der Waals surface area contributed by atoms with Crippen LogP contribution in [0.15, 0.2) is 72.9 Å². The molecule has 1 saturated heterocycles. The van der Waals surface area contributed by atoms with Gasteiger partial charge in [0.15, 0.2) is 0 Å². The minimum atomic E-state index is -0.426. The number of hydrogen-bond acceptors (Lipinski definition) is 4. The standard InChI is InChI=1S/C34H35N5O3/c40-32(38-14-12-23(13-15-38)27-17-25-8-4-5-9-30(25)36-33(27)41)18-26-16-24-10-11-31-28(19-35-37-31)29(24)21-39(34(26)42)20-22-6-2-1-3-7-22/h1-11,19,23,26-27H,12-18,20-21H2,(H,35,37)(H,36,41). The van der Waals surface area contributed by atoms with Gasteiger partial charge in [-0.1, -0.05) is 54.6 Å². The number of aromatic nitrogens is 2. The van der Waals surface area contributed by atoms with Crippen molar-refractivity contribution in [2.24, 2.45) is 17.8 Å². The molecule has 0 spiro atoms. The number of amides is 3. The molecule has 0 saturated carbocycles. The Hall–Kier alpha value is -4.46. The van der Waals surface area contributed by atoms with Crippen molar-refractivity contribution >= 4 is 34.3 Å². The van der Waals surface area contributed by atoms with E-state index in [-0.39, 0.29) is 36.0 Å². The van der Waals surface area contributed by atoms with Crippen LogP contribution >= 0.6 is 0 Å². The molecule has 1 fully saturated rings.